The molecular weight excluding hydrogens is 276 g/mol. The topological polar surface area (TPSA) is 46.9 Å². The van der Waals surface area contributed by atoms with E-state index in [1.54, 1.807) is 0 Å². The van der Waals surface area contributed by atoms with Gasteiger partial charge in [-0.15, -0.1) is 0 Å². The summed E-state index contributed by atoms with van der Waals surface area (Å²) in [5, 5.41) is 17.8. The Balaban J connectivity index is 0.000000172. The van der Waals surface area contributed by atoms with E-state index in [4.69, 9.17) is 10.2 Å². The van der Waals surface area contributed by atoms with Crippen LogP contribution in [-0.4, -0.2) is 64.4 Å². The Morgan fingerprint density at radius 2 is 1.64 bits per heavy atom. The molecule has 0 bridgehead atoms. The Kier molecular flexibility index (Phi) is 6.83. The highest BCUT2D eigenvalue weighted by molar-refractivity contribution is 5.15. The van der Waals surface area contributed by atoms with Crippen LogP contribution in [0, 0.1) is 0 Å². The molecule has 0 amide bonds. The van der Waals surface area contributed by atoms with Crippen molar-refractivity contribution in [1.29, 1.82) is 0 Å². The van der Waals surface area contributed by atoms with E-state index >= 15 is 0 Å². The summed E-state index contributed by atoms with van der Waals surface area (Å²) in [6, 6.07) is 11.9. The Labute approximate surface area is 134 Å². The molecule has 0 spiro atoms. The first kappa shape index (κ1) is 17.4. The molecule has 2 heterocycles. The molecule has 4 heteroatoms. The average Bonchev–Trinajstić information content (AvgIpc) is 2.45. The summed E-state index contributed by atoms with van der Waals surface area (Å²) < 4.78 is 0. The maximum absolute atomic E-state index is 8.99. The quantitative estimate of drug-likeness (QED) is 0.869. The molecule has 1 aromatic rings. The molecule has 1 aromatic carbocycles. The van der Waals surface area contributed by atoms with Crippen LogP contribution in [0.4, 0.5) is 0 Å². The monoisotopic (exact) mass is 306 g/mol. The van der Waals surface area contributed by atoms with Crippen LogP contribution in [0.15, 0.2) is 30.3 Å². The minimum atomic E-state index is 0.298. The zero-order valence-corrected chi connectivity index (χ0v) is 13.9. The van der Waals surface area contributed by atoms with Crippen LogP contribution in [0.1, 0.15) is 32.3 Å². The predicted octanol–water partition coefficient (Wildman–Crippen LogP) is 1.71. The van der Waals surface area contributed by atoms with Crippen molar-refractivity contribution in [3.63, 3.8) is 0 Å². The molecule has 2 fully saturated rings. The number of benzene rings is 1. The molecule has 0 saturated carbocycles. The molecule has 2 saturated heterocycles. The maximum atomic E-state index is 8.99. The van der Waals surface area contributed by atoms with Gasteiger partial charge in [0.15, 0.2) is 0 Å². The molecule has 2 aliphatic rings. The van der Waals surface area contributed by atoms with E-state index in [2.05, 4.69) is 47.9 Å². The summed E-state index contributed by atoms with van der Waals surface area (Å²) in [5.74, 6) is 0. The first-order chi connectivity index (χ1) is 10.7. The van der Waals surface area contributed by atoms with Crippen molar-refractivity contribution in [2.75, 3.05) is 26.3 Å². The van der Waals surface area contributed by atoms with Crippen LogP contribution in [0.2, 0.25) is 0 Å². The molecule has 124 valence electrons. The predicted molar refractivity (Wildman–Crippen MR) is 89.7 cm³/mol. The largest absolute Gasteiger partial charge is 0.395 e. The van der Waals surface area contributed by atoms with Gasteiger partial charge in [-0.2, -0.15) is 0 Å². The molecule has 0 radical (unpaired) electrons. The van der Waals surface area contributed by atoms with Gasteiger partial charge in [-0.25, -0.2) is 0 Å². The summed E-state index contributed by atoms with van der Waals surface area (Å²) in [4.78, 5) is 4.63. The van der Waals surface area contributed by atoms with Gasteiger partial charge in [-0.3, -0.25) is 9.80 Å². The molecule has 0 aliphatic carbocycles. The van der Waals surface area contributed by atoms with E-state index < -0.39 is 0 Å². The van der Waals surface area contributed by atoms with Crippen molar-refractivity contribution in [1.82, 2.24) is 9.80 Å². The average molecular weight is 306 g/mol. The van der Waals surface area contributed by atoms with E-state index in [0.717, 1.165) is 19.5 Å². The molecule has 2 aliphatic heterocycles. The summed E-state index contributed by atoms with van der Waals surface area (Å²) in [6.45, 7) is 8.24. The van der Waals surface area contributed by atoms with Crippen LogP contribution in [0.25, 0.3) is 0 Å². The van der Waals surface area contributed by atoms with E-state index in [1.807, 2.05) is 6.07 Å². The molecule has 2 unspecified atom stereocenters. The number of likely N-dealkylation sites (tertiary alicyclic amines) is 2. The van der Waals surface area contributed by atoms with Crippen molar-refractivity contribution in [2.45, 2.75) is 51.4 Å². The second-order valence-corrected chi connectivity index (χ2v) is 6.54. The van der Waals surface area contributed by atoms with E-state index in [-0.39, 0.29) is 0 Å². The first-order valence-electron chi connectivity index (χ1n) is 8.41. The second-order valence-electron chi connectivity index (χ2n) is 6.54. The van der Waals surface area contributed by atoms with Gasteiger partial charge in [-0.05, 0) is 32.3 Å². The summed E-state index contributed by atoms with van der Waals surface area (Å²) in [5.41, 5.74) is 1.33. The Bertz CT molecular complexity index is 420. The van der Waals surface area contributed by atoms with E-state index in [0.29, 0.717) is 31.3 Å². The number of hydrogen-bond acceptors (Lipinski definition) is 4. The molecule has 0 aromatic heterocycles. The smallest absolute Gasteiger partial charge is 0.0587 e. The summed E-state index contributed by atoms with van der Waals surface area (Å²) >= 11 is 0. The van der Waals surface area contributed by atoms with Crippen LogP contribution < -0.4 is 0 Å². The molecule has 4 nitrogen and oxygen atoms in total. The third kappa shape index (κ3) is 4.53. The van der Waals surface area contributed by atoms with Crippen molar-refractivity contribution in [2.24, 2.45) is 0 Å². The van der Waals surface area contributed by atoms with Gasteiger partial charge in [-0.1, -0.05) is 30.3 Å². The van der Waals surface area contributed by atoms with Crippen LogP contribution in [0.3, 0.4) is 0 Å². The highest BCUT2D eigenvalue weighted by atomic mass is 16.3. The lowest BCUT2D eigenvalue weighted by molar-refractivity contribution is 0.0171. The first-order valence-corrected chi connectivity index (χ1v) is 8.41. The number of hydrogen-bond donors (Lipinski definition) is 2. The Morgan fingerprint density at radius 3 is 2.00 bits per heavy atom. The summed E-state index contributed by atoms with van der Waals surface area (Å²) in [7, 11) is 0. The molecule has 3 rings (SSSR count). The number of rotatable bonds is 5. The molecule has 2 atom stereocenters. The molecular formula is C18H30N2O2. The van der Waals surface area contributed by atoms with Gasteiger partial charge >= 0.3 is 0 Å². The third-order valence-electron chi connectivity index (χ3n) is 4.77. The SMILES string of the molecule is CC(C)N1CCC1CO.OCC1CCN1Cc1ccccc1. The zero-order valence-electron chi connectivity index (χ0n) is 13.9. The number of nitrogens with zero attached hydrogens (tertiary/aromatic N) is 2. The second kappa shape index (κ2) is 8.63. The number of aliphatic hydroxyl groups excluding tert-OH is 2. The number of aliphatic hydroxyl groups is 2. The van der Waals surface area contributed by atoms with Gasteiger partial charge < -0.3 is 10.2 Å². The van der Waals surface area contributed by atoms with Crippen molar-refractivity contribution in [3.05, 3.63) is 35.9 Å². The van der Waals surface area contributed by atoms with E-state index in [1.165, 1.54) is 18.5 Å². The lowest BCUT2D eigenvalue weighted by Crippen LogP contribution is -2.53. The summed E-state index contributed by atoms with van der Waals surface area (Å²) in [6.07, 6.45) is 2.32. The van der Waals surface area contributed by atoms with Crippen LogP contribution in [0.5, 0.6) is 0 Å². The fourth-order valence-electron chi connectivity index (χ4n) is 3.06. The molecule has 22 heavy (non-hydrogen) atoms. The fraction of sp³-hybridized carbons (Fsp3) is 0.667. The van der Waals surface area contributed by atoms with E-state index in [9.17, 15) is 0 Å². The third-order valence-corrected chi connectivity index (χ3v) is 4.77. The minimum absolute atomic E-state index is 0.298. The van der Waals surface area contributed by atoms with Gasteiger partial charge in [0.25, 0.3) is 0 Å². The maximum Gasteiger partial charge on any atom is 0.0587 e. The van der Waals surface area contributed by atoms with Gasteiger partial charge in [0.1, 0.15) is 0 Å². The van der Waals surface area contributed by atoms with Gasteiger partial charge in [0.2, 0.25) is 0 Å². The van der Waals surface area contributed by atoms with Gasteiger partial charge in [0.05, 0.1) is 13.2 Å². The minimum Gasteiger partial charge on any atom is -0.395 e. The van der Waals surface area contributed by atoms with Gasteiger partial charge in [0, 0.05) is 37.8 Å². The Morgan fingerprint density at radius 1 is 1.00 bits per heavy atom. The Hall–Kier alpha value is -0.940. The lowest BCUT2D eigenvalue weighted by Gasteiger charge is -2.42. The normalized spacial score (nSPS) is 25.1. The lowest BCUT2D eigenvalue weighted by atomic mass is 10.0. The highest BCUT2D eigenvalue weighted by Gasteiger charge is 2.28. The fourth-order valence-corrected chi connectivity index (χ4v) is 3.06. The van der Waals surface area contributed by atoms with Crippen molar-refractivity contribution < 1.29 is 10.2 Å². The van der Waals surface area contributed by atoms with Crippen LogP contribution in [-0.2, 0) is 6.54 Å². The van der Waals surface area contributed by atoms with Crippen LogP contribution >= 0.6 is 0 Å². The standard InChI is InChI=1S/C11H15NO.C7H15NO/c13-9-11-6-7-12(11)8-10-4-2-1-3-5-10;1-6(2)8-4-3-7(8)5-9/h1-5,11,13H,6-9H2;6-7,9H,3-5H2,1-2H3. The van der Waals surface area contributed by atoms with Crippen molar-refractivity contribution >= 4 is 0 Å². The molecule has 2 N–H and O–H groups in total. The van der Waals surface area contributed by atoms with Crippen molar-refractivity contribution in [3.8, 4) is 0 Å². The zero-order chi connectivity index (χ0) is 15.9. The highest BCUT2D eigenvalue weighted by Crippen LogP contribution is 2.20.